The van der Waals surface area contributed by atoms with E-state index in [1.54, 1.807) is 0 Å². The zero-order valence-electron chi connectivity index (χ0n) is 9.84. The second-order valence-electron chi connectivity index (χ2n) is 4.94. The highest BCUT2D eigenvalue weighted by Crippen LogP contribution is 2.31. The van der Waals surface area contributed by atoms with Crippen molar-refractivity contribution >= 4 is 0 Å². The minimum Gasteiger partial charge on any atom is -0.307 e. The standard InChI is InChI=1S/C14H21N.H2/c1-3-12-5-7-13(8-6-12)11-15-14(2)9-4-10-14;/h5-8,15H,3-4,9-11H2,1-2H3;1H. The molecule has 0 aromatic heterocycles. The molecule has 0 atom stereocenters. The van der Waals surface area contributed by atoms with Crippen LogP contribution in [0.3, 0.4) is 0 Å². The predicted molar refractivity (Wildman–Crippen MR) is 67.0 cm³/mol. The quantitative estimate of drug-likeness (QED) is 0.793. The summed E-state index contributed by atoms with van der Waals surface area (Å²) in [5, 5.41) is 3.65. The monoisotopic (exact) mass is 205 g/mol. The van der Waals surface area contributed by atoms with Gasteiger partial charge in [-0.1, -0.05) is 31.2 Å². The zero-order valence-corrected chi connectivity index (χ0v) is 9.84. The second-order valence-corrected chi connectivity index (χ2v) is 4.94. The Kier molecular flexibility index (Phi) is 3.11. The molecule has 15 heavy (non-hydrogen) atoms. The third-order valence-corrected chi connectivity index (χ3v) is 3.61. The molecular formula is C14H23N. The van der Waals surface area contributed by atoms with Crippen LogP contribution in [0.15, 0.2) is 24.3 Å². The lowest BCUT2D eigenvalue weighted by Gasteiger charge is -2.39. The highest BCUT2D eigenvalue weighted by molar-refractivity contribution is 5.22. The number of benzene rings is 1. The van der Waals surface area contributed by atoms with Gasteiger partial charge in [0.05, 0.1) is 0 Å². The van der Waals surface area contributed by atoms with E-state index in [1.807, 2.05) is 0 Å². The van der Waals surface area contributed by atoms with Gasteiger partial charge in [-0.3, -0.25) is 0 Å². The van der Waals surface area contributed by atoms with E-state index < -0.39 is 0 Å². The normalized spacial score (nSPS) is 18.5. The summed E-state index contributed by atoms with van der Waals surface area (Å²) in [7, 11) is 0. The molecule has 0 saturated heterocycles. The molecule has 1 heteroatoms. The number of hydrogen-bond acceptors (Lipinski definition) is 1. The number of aryl methyl sites for hydroxylation is 1. The van der Waals surface area contributed by atoms with Gasteiger partial charge >= 0.3 is 0 Å². The summed E-state index contributed by atoms with van der Waals surface area (Å²) in [6.07, 6.45) is 5.18. The highest BCUT2D eigenvalue weighted by atomic mass is 15.0. The van der Waals surface area contributed by atoms with Gasteiger partial charge in [0.2, 0.25) is 0 Å². The van der Waals surface area contributed by atoms with Gasteiger partial charge in [0, 0.05) is 13.5 Å². The van der Waals surface area contributed by atoms with Gasteiger partial charge in [0.25, 0.3) is 0 Å². The van der Waals surface area contributed by atoms with Gasteiger partial charge in [0.15, 0.2) is 0 Å². The van der Waals surface area contributed by atoms with Crippen LogP contribution in [0.25, 0.3) is 0 Å². The molecule has 1 saturated carbocycles. The fraction of sp³-hybridized carbons (Fsp3) is 0.571. The fourth-order valence-electron chi connectivity index (χ4n) is 2.09. The van der Waals surface area contributed by atoms with Gasteiger partial charge < -0.3 is 5.32 Å². The molecule has 0 aliphatic heterocycles. The third-order valence-electron chi connectivity index (χ3n) is 3.61. The Morgan fingerprint density at radius 3 is 2.27 bits per heavy atom. The minimum absolute atomic E-state index is 0. The largest absolute Gasteiger partial charge is 0.307 e. The number of nitrogens with one attached hydrogen (secondary N) is 1. The molecule has 0 heterocycles. The van der Waals surface area contributed by atoms with E-state index in [4.69, 9.17) is 0 Å². The zero-order chi connectivity index (χ0) is 10.7. The van der Waals surface area contributed by atoms with Gasteiger partial charge in [-0.05, 0) is 43.7 Å². The van der Waals surface area contributed by atoms with Crippen LogP contribution < -0.4 is 5.32 Å². The summed E-state index contributed by atoms with van der Waals surface area (Å²) in [4.78, 5) is 0. The van der Waals surface area contributed by atoms with Crippen molar-refractivity contribution < 1.29 is 1.43 Å². The maximum atomic E-state index is 3.65. The Balaban J connectivity index is 0.00000128. The summed E-state index contributed by atoms with van der Waals surface area (Å²) in [6.45, 7) is 5.54. The topological polar surface area (TPSA) is 12.0 Å². The molecule has 0 spiro atoms. The summed E-state index contributed by atoms with van der Waals surface area (Å²) in [5.41, 5.74) is 3.25. The number of rotatable bonds is 4. The van der Waals surface area contributed by atoms with E-state index in [2.05, 4.69) is 43.4 Å². The van der Waals surface area contributed by atoms with Crippen LogP contribution in [0, 0.1) is 0 Å². The molecule has 0 radical (unpaired) electrons. The van der Waals surface area contributed by atoms with Crippen LogP contribution >= 0.6 is 0 Å². The van der Waals surface area contributed by atoms with E-state index >= 15 is 0 Å². The Morgan fingerprint density at radius 1 is 1.20 bits per heavy atom. The molecule has 1 N–H and O–H groups in total. The molecular weight excluding hydrogens is 182 g/mol. The molecule has 0 bridgehead atoms. The predicted octanol–water partition coefficient (Wildman–Crippen LogP) is 3.53. The molecule has 1 fully saturated rings. The Hall–Kier alpha value is -0.820. The van der Waals surface area contributed by atoms with Crippen molar-refractivity contribution in [1.82, 2.24) is 5.32 Å². The first-order valence-corrected chi connectivity index (χ1v) is 6.05. The lowest BCUT2D eigenvalue weighted by Crippen LogP contribution is -2.47. The van der Waals surface area contributed by atoms with Crippen LogP contribution in [0.5, 0.6) is 0 Å². The molecule has 1 nitrogen and oxygen atoms in total. The van der Waals surface area contributed by atoms with Crippen molar-refractivity contribution in [2.75, 3.05) is 0 Å². The summed E-state index contributed by atoms with van der Waals surface area (Å²) in [5.74, 6) is 0. The van der Waals surface area contributed by atoms with Gasteiger partial charge in [-0.15, -0.1) is 0 Å². The SMILES string of the molecule is CCc1ccc(CNC2(C)CCC2)cc1.[HH]. The van der Waals surface area contributed by atoms with Crippen molar-refractivity contribution in [3.63, 3.8) is 0 Å². The molecule has 0 amide bonds. The van der Waals surface area contributed by atoms with Gasteiger partial charge in [-0.2, -0.15) is 0 Å². The fourth-order valence-corrected chi connectivity index (χ4v) is 2.09. The van der Waals surface area contributed by atoms with Crippen LogP contribution in [-0.4, -0.2) is 5.54 Å². The third kappa shape index (κ3) is 2.60. The summed E-state index contributed by atoms with van der Waals surface area (Å²) < 4.78 is 0. The maximum absolute atomic E-state index is 3.65. The molecule has 1 aromatic rings. The molecule has 1 aliphatic rings. The van der Waals surface area contributed by atoms with E-state index in [-0.39, 0.29) is 1.43 Å². The smallest absolute Gasteiger partial charge is 0.0210 e. The second kappa shape index (κ2) is 4.36. The van der Waals surface area contributed by atoms with Crippen molar-refractivity contribution in [3.05, 3.63) is 35.4 Å². The average molecular weight is 205 g/mol. The Labute approximate surface area is 94.4 Å². The Bertz CT molecular complexity index is 314. The highest BCUT2D eigenvalue weighted by Gasteiger charge is 2.30. The van der Waals surface area contributed by atoms with Gasteiger partial charge in [0.1, 0.15) is 0 Å². The van der Waals surface area contributed by atoms with Crippen molar-refractivity contribution in [3.8, 4) is 0 Å². The Morgan fingerprint density at radius 2 is 1.80 bits per heavy atom. The first kappa shape index (κ1) is 10.7. The molecule has 1 aliphatic carbocycles. The summed E-state index contributed by atoms with van der Waals surface area (Å²) in [6, 6.07) is 8.96. The first-order chi connectivity index (χ1) is 7.22. The maximum Gasteiger partial charge on any atom is 0.0210 e. The molecule has 0 unspecified atom stereocenters. The lowest BCUT2D eigenvalue weighted by molar-refractivity contribution is 0.207. The number of hydrogen-bond donors (Lipinski definition) is 1. The van der Waals surface area contributed by atoms with E-state index in [1.165, 1.54) is 30.4 Å². The van der Waals surface area contributed by atoms with Gasteiger partial charge in [-0.25, -0.2) is 0 Å². The average Bonchev–Trinajstić information content (AvgIpc) is 2.24. The molecule has 84 valence electrons. The van der Waals surface area contributed by atoms with Crippen LogP contribution in [0.1, 0.15) is 45.7 Å². The van der Waals surface area contributed by atoms with Crippen LogP contribution in [-0.2, 0) is 13.0 Å². The van der Waals surface area contributed by atoms with E-state index in [9.17, 15) is 0 Å². The van der Waals surface area contributed by atoms with E-state index in [0.29, 0.717) is 5.54 Å². The first-order valence-electron chi connectivity index (χ1n) is 6.05. The molecule has 2 rings (SSSR count). The van der Waals surface area contributed by atoms with Crippen LogP contribution in [0.4, 0.5) is 0 Å². The van der Waals surface area contributed by atoms with Crippen molar-refractivity contribution in [2.45, 2.75) is 51.6 Å². The van der Waals surface area contributed by atoms with Crippen molar-refractivity contribution in [2.24, 2.45) is 0 Å². The minimum atomic E-state index is 0. The summed E-state index contributed by atoms with van der Waals surface area (Å²) >= 11 is 0. The lowest BCUT2D eigenvalue weighted by atomic mass is 9.78. The van der Waals surface area contributed by atoms with Crippen LogP contribution in [0.2, 0.25) is 0 Å². The van der Waals surface area contributed by atoms with Crippen molar-refractivity contribution in [1.29, 1.82) is 0 Å². The molecule has 1 aromatic carbocycles. The van der Waals surface area contributed by atoms with E-state index in [0.717, 1.165) is 13.0 Å².